The zero-order valence-electron chi connectivity index (χ0n) is 10.5. The number of aliphatic carboxylic acids is 1. The molecule has 1 heterocycles. The van der Waals surface area contributed by atoms with Crippen molar-refractivity contribution in [1.82, 2.24) is 20.3 Å². The molecular formula is C11H17N5O3. The molecule has 8 heteroatoms. The van der Waals surface area contributed by atoms with E-state index in [4.69, 9.17) is 10.8 Å². The van der Waals surface area contributed by atoms with Gasteiger partial charge in [0, 0.05) is 13.1 Å². The minimum Gasteiger partial charge on any atom is -0.481 e. The first-order valence-corrected chi connectivity index (χ1v) is 6.15. The Kier molecular flexibility index (Phi) is 3.79. The van der Waals surface area contributed by atoms with Crippen molar-refractivity contribution >= 4 is 11.9 Å². The molecule has 1 aromatic heterocycles. The molecule has 0 aromatic carbocycles. The number of carboxylic acids is 1. The second-order valence-electron chi connectivity index (χ2n) is 4.83. The van der Waals surface area contributed by atoms with Crippen molar-refractivity contribution in [2.75, 3.05) is 6.54 Å². The lowest BCUT2D eigenvalue weighted by atomic mass is 9.69. The van der Waals surface area contributed by atoms with Crippen LogP contribution in [0.1, 0.15) is 25.0 Å². The fourth-order valence-corrected chi connectivity index (χ4v) is 2.05. The van der Waals surface area contributed by atoms with Gasteiger partial charge in [-0.1, -0.05) is 11.6 Å². The van der Waals surface area contributed by atoms with Crippen molar-refractivity contribution in [3.63, 3.8) is 0 Å². The molecule has 104 valence electrons. The number of hydrogen-bond donors (Lipinski definition) is 3. The maximum Gasteiger partial charge on any atom is 0.311 e. The molecule has 0 bridgehead atoms. The number of amides is 1. The molecule has 8 nitrogen and oxygen atoms in total. The van der Waals surface area contributed by atoms with E-state index in [1.165, 1.54) is 4.68 Å². The summed E-state index contributed by atoms with van der Waals surface area (Å²) in [5.41, 5.74) is 5.22. The maximum atomic E-state index is 11.7. The zero-order chi connectivity index (χ0) is 13.9. The van der Waals surface area contributed by atoms with Gasteiger partial charge in [0.2, 0.25) is 5.91 Å². The molecular weight excluding hydrogens is 250 g/mol. The van der Waals surface area contributed by atoms with Gasteiger partial charge >= 0.3 is 5.97 Å². The van der Waals surface area contributed by atoms with Crippen LogP contribution in [-0.2, 0) is 22.7 Å². The number of carbonyl (C=O) groups excluding carboxylic acids is 1. The minimum atomic E-state index is -0.842. The molecule has 1 aliphatic carbocycles. The molecule has 1 fully saturated rings. The number of carbonyl (C=O) groups is 2. The van der Waals surface area contributed by atoms with E-state index in [0.29, 0.717) is 18.5 Å². The maximum absolute atomic E-state index is 11.7. The average molecular weight is 267 g/mol. The lowest BCUT2D eigenvalue weighted by Gasteiger charge is -2.37. The largest absolute Gasteiger partial charge is 0.481 e. The minimum absolute atomic E-state index is 0.0166. The van der Waals surface area contributed by atoms with Gasteiger partial charge in [0.15, 0.2) is 0 Å². The van der Waals surface area contributed by atoms with Crippen molar-refractivity contribution in [2.24, 2.45) is 11.1 Å². The van der Waals surface area contributed by atoms with Crippen molar-refractivity contribution in [3.8, 4) is 0 Å². The van der Waals surface area contributed by atoms with Gasteiger partial charge in [-0.25, -0.2) is 4.68 Å². The standard InChI is InChI=1S/C11H17N5O3/c12-4-8-5-16(15-14-8)6-9(17)13-7-11(10(18)19)2-1-3-11/h5H,1-4,6-7,12H2,(H,13,17)(H,18,19). The molecule has 1 aromatic rings. The van der Waals surface area contributed by atoms with Crippen molar-refractivity contribution in [2.45, 2.75) is 32.4 Å². The Morgan fingerprint density at radius 2 is 2.26 bits per heavy atom. The predicted molar refractivity (Wildman–Crippen MR) is 64.8 cm³/mol. The number of aromatic nitrogens is 3. The summed E-state index contributed by atoms with van der Waals surface area (Å²) >= 11 is 0. The number of nitrogens with zero attached hydrogens (tertiary/aromatic N) is 3. The van der Waals surface area contributed by atoms with Gasteiger partial charge in [0.05, 0.1) is 17.3 Å². The molecule has 1 aliphatic rings. The molecule has 1 amide bonds. The number of carboxylic acid groups (broad SMARTS) is 1. The Morgan fingerprint density at radius 1 is 1.53 bits per heavy atom. The van der Waals surface area contributed by atoms with Crippen LogP contribution in [0.2, 0.25) is 0 Å². The molecule has 4 N–H and O–H groups in total. The van der Waals surface area contributed by atoms with Crippen LogP contribution in [0.15, 0.2) is 6.20 Å². The number of rotatable bonds is 6. The Hall–Kier alpha value is -1.96. The smallest absolute Gasteiger partial charge is 0.311 e. The molecule has 0 unspecified atom stereocenters. The fraction of sp³-hybridized carbons (Fsp3) is 0.636. The van der Waals surface area contributed by atoms with Crippen molar-refractivity contribution in [3.05, 3.63) is 11.9 Å². The summed E-state index contributed by atoms with van der Waals surface area (Å²) in [5.74, 6) is -1.12. The SMILES string of the molecule is NCc1cn(CC(=O)NCC2(C(=O)O)CCC2)nn1. The third kappa shape index (κ3) is 2.90. The van der Waals surface area contributed by atoms with Gasteiger partial charge in [-0.15, -0.1) is 5.10 Å². The first kappa shape index (κ1) is 13.5. The quantitative estimate of drug-likeness (QED) is 0.614. The predicted octanol–water partition coefficient (Wildman–Crippen LogP) is -0.892. The summed E-state index contributed by atoms with van der Waals surface area (Å²) in [6.07, 6.45) is 3.72. The van der Waals surface area contributed by atoms with Crippen LogP contribution in [0.25, 0.3) is 0 Å². The molecule has 0 spiro atoms. The van der Waals surface area contributed by atoms with E-state index in [2.05, 4.69) is 15.6 Å². The van der Waals surface area contributed by atoms with E-state index < -0.39 is 11.4 Å². The first-order chi connectivity index (χ1) is 9.05. The lowest BCUT2D eigenvalue weighted by molar-refractivity contribution is -0.154. The summed E-state index contributed by atoms with van der Waals surface area (Å²) in [5, 5.41) is 19.3. The van der Waals surface area contributed by atoms with Crippen molar-refractivity contribution in [1.29, 1.82) is 0 Å². The zero-order valence-corrected chi connectivity index (χ0v) is 10.5. The van der Waals surface area contributed by atoms with Gasteiger partial charge in [0.1, 0.15) is 6.54 Å². The molecule has 1 saturated carbocycles. The van der Waals surface area contributed by atoms with Crippen LogP contribution in [0.4, 0.5) is 0 Å². The summed E-state index contributed by atoms with van der Waals surface area (Å²) in [6, 6.07) is 0. The third-order valence-corrected chi connectivity index (χ3v) is 3.49. The number of nitrogens with one attached hydrogen (secondary N) is 1. The topological polar surface area (TPSA) is 123 Å². The van der Waals surface area contributed by atoms with E-state index in [0.717, 1.165) is 6.42 Å². The third-order valence-electron chi connectivity index (χ3n) is 3.49. The average Bonchev–Trinajstić information content (AvgIpc) is 2.74. The van der Waals surface area contributed by atoms with Crippen LogP contribution in [-0.4, -0.2) is 38.5 Å². The highest BCUT2D eigenvalue weighted by atomic mass is 16.4. The Morgan fingerprint density at radius 3 is 2.74 bits per heavy atom. The Bertz CT molecular complexity index is 480. The first-order valence-electron chi connectivity index (χ1n) is 6.15. The van der Waals surface area contributed by atoms with E-state index in [9.17, 15) is 9.59 Å². The summed E-state index contributed by atoms with van der Waals surface area (Å²) in [4.78, 5) is 22.8. The molecule has 2 rings (SSSR count). The monoisotopic (exact) mass is 267 g/mol. The highest BCUT2D eigenvalue weighted by Crippen LogP contribution is 2.40. The second-order valence-corrected chi connectivity index (χ2v) is 4.83. The highest BCUT2D eigenvalue weighted by Gasteiger charge is 2.44. The van der Waals surface area contributed by atoms with Gasteiger partial charge in [-0.05, 0) is 12.8 Å². The molecule has 19 heavy (non-hydrogen) atoms. The van der Waals surface area contributed by atoms with Gasteiger partial charge in [-0.3, -0.25) is 9.59 Å². The van der Waals surface area contributed by atoms with Crippen LogP contribution in [0.3, 0.4) is 0 Å². The highest BCUT2D eigenvalue weighted by molar-refractivity contribution is 5.79. The van der Waals surface area contributed by atoms with Gasteiger partial charge in [-0.2, -0.15) is 0 Å². The number of nitrogens with two attached hydrogens (primary N) is 1. The lowest BCUT2D eigenvalue weighted by Crippen LogP contribution is -2.48. The fourth-order valence-electron chi connectivity index (χ4n) is 2.05. The Balaban J connectivity index is 1.83. The molecule has 0 saturated heterocycles. The van der Waals surface area contributed by atoms with Gasteiger partial charge in [0.25, 0.3) is 0 Å². The van der Waals surface area contributed by atoms with Crippen LogP contribution in [0, 0.1) is 5.41 Å². The van der Waals surface area contributed by atoms with Gasteiger partial charge < -0.3 is 16.2 Å². The van der Waals surface area contributed by atoms with E-state index in [-0.39, 0.29) is 25.5 Å². The number of hydrogen-bond acceptors (Lipinski definition) is 5. The van der Waals surface area contributed by atoms with E-state index in [1.54, 1.807) is 6.20 Å². The van der Waals surface area contributed by atoms with Crippen LogP contribution < -0.4 is 11.1 Å². The van der Waals surface area contributed by atoms with Crippen LogP contribution in [0.5, 0.6) is 0 Å². The molecule has 0 aliphatic heterocycles. The van der Waals surface area contributed by atoms with Crippen LogP contribution >= 0.6 is 0 Å². The Labute approximate surface area is 110 Å². The van der Waals surface area contributed by atoms with E-state index in [1.807, 2.05) is 0 Å². The normalized spacial score (nSPS) is 16.7. The summed E-state index contributed by atoms with van der Waals surface area (Å²) in [7, 11) is 0. The second kappa shape index (κ2) is 5.35. The molecule has 0 radical (unpaired) electrons. The summed E-state index contributed by atoms with van der Waals surface area (Å²) in [6.45, 7) is 0.450. The summed E-state index contributed by atoms with van der Waals surface area (Å²) < 4.78 is 1.38. The van der Waals surface area contributed by atoms with Crippen molar-refractivity contribution < 1.29 is 14.7 Å². The molecule has 0 atom stereocenters. The van der Waals surface area contributed by atoms with E-state index >= 15 is 0 Å².